The zero-order valence-electron chi connectivity index (χ0n) is 18.4. The third-order valence-corrected chi connectivity index (χ3v) is 5.83. The first-order valence-corrected chi connectivity index (χ1v) is 11.2. The van der Waals surface area contributed by atoms with Crippen LogP contribution in [0.3, 0.4) is 0 Å². The maximum Gasteiger partial charge on any atom is 0.0320 e. The molecular weight excluding hydrogens is 398 g/mol. The lowest BCUT2D eigenvalue weighted by Crippen LogP contribution is -1.99. The number of hydrogen-bond acceptors (Lipinski definition) is 1. The minimum absolute atomic E-state index is 0.763. The van der Waals surface area contributed by atoms with Crippen LogP contribution in [0, 0.1) is 0 Å². The maximum absolute atomic E-state index is 6.16. The van der Waals surface area contributed by atoms with Crippen molar-refractivity contribution in [2.45, 2.75) is 0 Å². The Balaban J connectivity index is 1.90. The largest absolute Gasteiger partial charge is 0.399 e. The lowest BCUT2D eigenvalue weighted by molar-refractivity contribution is 1.49. The summed E-state index contributed by atoms with van der Waals surface area (Å²) in [5.74, 6) is 0. The van der Waals surface area contributed by atoms with Crippen molar-refractivity contribution in [1.29, 1.82) is 0 Å². The summed E-state index contributed by atoms with van der Waals surface area (Å²) in [6.07, 6.45) is 0. The van der Waals surface area contributed by atoms with Gasteiger partial charge in [0, 0.05) is 5.69 Å². The lowest BCUT2D eigenvalue weighted by atomic mass is 9.83. The van der Waals surface area contributed by atoms with E-state index < -0.39 is 0 Å². The smallest absolute Gasteiger partial charge is 0.0320 e. The molecule has 0 saturated heterocycles. The molecule has 1 nitrogen and oxygen atoms in total. The Morgan fingerprint density at radius 2 is 0.909 bits per heavy atom. The Labute approximate surface area is 195 Å². The van der Waals surface area contributed by atoms with Gasteiger partial charge in [0.25, 0.3) is 0 Å². The average molecular weight is 424 g/mol. The summed E-state index contributed by atoms with van der Waals surface area (Å²) in [5.41, 5.74) is 16.3. The second-order valence-electron chi connectivity index (χ2n) is 8.02. The topological polar surface area (TPSA) is 26.0 Å². The van der Waals surface area contributed by atoms with Crippen LogP contribution in [0.25, 0.3) is 22.3 Å². The molecule has 158 valence electrons. The van der Waals surface area contributed by atoms with E-state index in [1.165, 1.54) is 33.4 Å². The molecule has 0 unspecified atom stereocenters. The number of anilines is 1. The van der Waals surface area contributed by atoms with Crippen molar-refractivity contribution in [2.24, 2.45) is 0 Å². The van der Waals surface area contributed by atoms with Gasteiger partial charge in [0.1, 0.15) is 0 Å². The van der Waals surface area contributed by atoms with Crippen LogP contribution in [-0.2, 0) is 0 Å². The normalized spacial score (nSPS) is 10.5. The quantitative estimate of drug-likeness (QED) is 0.225. The molecule has 0 bridgehead atoms. The van der Waals surface area contributed by atoms with Crippen molar-refractivity contribution < 1.29 is 0 Å². The SMILES string of the molecule is Nc1cccc(-c2ccccc2C(=C(c2ccccc2)c2ccccc2)c2ccccc2)c1. The van der Waals surface area contributed by atoms with Crippen LogP contribution >= 0.6 is 0 Å². The van der Waals surface area contributed by atoms with Gasteiger partial charge >= 0.3 is 0 Å². The Morgan fingerprint density at radius 1 is 0.424 bits per heavy atom. The van der Waals surface area contributed by atoms with Crippen molar-refractivity contribution in [3.63, 3.8) is 0 Å². The van der Waals surface area contributed by atoms with E-state index in [9.17, 15) is 0 Å². The second kappa shape index (κ2) is 9.42. The van der Waals surface area contributed by atoms with Crippen molar-refractivity contribution in [3.05, 3.63) is 162 Å². The fourth-order valence-corrected chi connectivity index (χ4v) is 4.36. The molecule has 0 aliphatic rings. The van der Waals surface area contributed by atoms with Crippen LogP contribution in [-0.4, -0.2) is 0 Å². The number of nitrogen functional groups attached to an aromatic ring is 1. The van der Waals surface area contributed by atoms with E-state index in [4.69, 9.17) is 5.73 Å². The van der Waals surface area contributed by atoms with Crippen LogP contribution in [0.4, 0.5) is 5.69 Å². The van der Waals surface area contributed by atoms with Gasteiger partial charge in [-0.3, -0.25) is 0 Å². The predicted molar refractivity (Wildman–Crippen MR) is 141 cm³/mol. The molecule has 0 radical (unpaired) electrons. The summed E-state index contributed by atoms with van der Waals surface area (Å²) in [4.78, 5) is 0. The van der Waals surface area contributed by atoms with Gasteiger partial charge in [-0.2, -0.15) is 0 Å². The average Bonchev–Trinajstić information content (AvgIpc) is 2.89. The molecular formula is C32H25N. The zero-order valence-corrected chi connectivity index (χ0v) is 18.4. The fourth-order valence-electron chi connectivity index (χ4n) is 4.36. The third kappa shape index (κ3) is 4.35. The molecule has 0 heterocycles. The summed E-state index contributed by atoms with van der Waals surface area (Å²) >= 11 is 0. The van der Waals surface area contributed by atoms with Crippen molar-refractivity contribution >= 4 is 16.8 Å². The van der Waals surface area contributed by atoms with Crippen LogP contribution in [0.1, 0.15) is 22.3 Å². The summed E-state index contributed by atoms with van der Waals surface area (Å²) < 4.78 is 0. The van der Waals surface area contributed by atoms with Gasteiger partial charge in [-0.05, 0) is 56.7 Å². The zero-order chi connectivity index (χ0) is 22.5. The van der Waals surface area contributed by atoms with Gasteiger partial charge in [0.2, 0.25) is 0 Å². The van der Waals surface area contributed by atoms with Crippen molar-refractivity contribution in [3.8, 4) is 11.1 Å². The maximum atomic E-state index is 6.16. The molecule has 0 spiro atoms. The lowest BCUT2D eigenvalue weighted by Gasteiger charge is -2.20. The summed E-state index contributed by atoms with van der Waals surface area (Å²) in [6.45, 7) is 0. The minimum atomic E-state index is 0.763. The number of nitrogens with two attached hydrogens (primary N) is 1. The Bertz CT molecular complexity index is 1340. The van der Waals surface area contributed by atoms with Gasteiger partial charge in [-0.25, -0.2) is 0 Å². The van der Waals surface area contributed by atoms with E-state index in [1.807, 2.05) is 18.2 Å². The van der Waals surface area contributed by atoms with Gasteiger partial charge in [-0.15, -0.1) is 0 Å². The van der Waals surface area contributed by atoms with Gasteiger partial charge in [0.05, 0.1) is 0 Å². The molecule has 5 aromatic carbocycles. The Morgan fingerprint density at radius 3 is 1.45 bits per heavy atom. The molecule has 1 heteroatoms. The highest BCUT2D eigenvalue weighted by Crippen LogP contribution is 2.40. The third-order valence-electron chi connectivity index (χ3n) is 5.83. The van der Waals surface area contributed by atoms with Crippen molar-refractivity contribution in [2.75, 3.05) is 5.73 Å². The van der Waals surface area contributed by atoms with Crippen LogP contribution < -0.4 is 5.73 Å². The molecule has 0 saturated carbocycles. The molecule has 0 atom stereocenters. The van der Waals surface area contributed by atoms with Crippen LogP contribution in [0.5, 0.6) is 0 Å². The molecule has 0 aliphatic heterocycles. The molecule has 33 heavy (non-hydrogen) atoms. The van der Waals surface area contributed by atoms with Gasteiger partial charge < -0.3 is 5.73 Å². The summed E-state index contributed by atoms with van der Waals surface area (Å²) in [7, 11) is 0. The van der Waals surface area contributed by atoms with E-state index in [0.29, 0.717) is 0 Å². The van der Waals surface area contributed by atoms with E-state index in [1.54, 1.807) is 0 Å². The van der Waals surface area contributed by atoms with Gasteiger partial charge in [0.15, 0.2) is 0 Å². The molecule has 0 aromatic heterocycles. The first kappa shape index (κ1) is 20.5. The highest BCUT2D eigenvalue weighted by atomic mass is 14.5. The van der Waals surface area contributed by atoms with E-state index in [-0.39, 0.29) is 0 Å². The molecule has 0 amide bonds. The van der Waals surface area contributed by atoms with Crippen LogP contribution in [0.15, 0.2) is 140 Å². The second-order valence-corrected chi connectivity index (χ2v) is 8.02. The van der Waals surface area contributed by atoms with E-state index in [0.717, 1.165) is 16.8 Å². The Hall–Kier alpha value is -4.36. The van der Waals surface area contributed by atoms with Gasteiger partial charge in [-0.1, -0.05) is 127 Å². The predicted octanol–water partition coefficient (Wildman–Crippen LogP) is 7.94. The molecule has 5 aromatic rings. The highest BCUT2D eigenvalue weighted by Gasteiger charge is 2.18. The Kier molecular flexibility index (Phi) is 5.86. The fraction of sp³-hybridized carbons (Fsp3) is 0. The molecule has 2 N–H and O–H groups in total. The van der Waals surface area contributed by atoms with E-state index in [2.05, 4.69) is 121 Å². The first-order chi connectivity index (χ1) is 16.3. The molecule has 0 aliphatic carbocycles. The van der Waals surface area contributed by atoms with Crippen LogP contribution in [0.2, 0.25) is 0 Å². The first-order valence-electron chi connectivity index (χ1n) is 11.2. The number of benzene rings is 5. The molecule has 5 rings (SSSR count). The van der Waals surface area contributed by atoms with Crippen molar-refractivity contribution in [1.82, 2.24) is 0 Å². The highest BCUT2D eigenvalue weighted by molar-refractivity contribution is 6.07. The number of hydrogen-bond donors (Lipinski definition) is 1. The number of rotatable bonds is 5. The minimum Gasteiger partial charge on any atom is -0.399 e. The summed E-state index contributed by atoms with van der Waals surface area (Å²) in [5, 5.41) is 0. The van der Waals surface area contributed by atoms with E-state index >= 15 is 0 Å². The summed E-state index contributed by atoms with van der Waals surface area (Å²) in [6, 6.07) is 48.7. The standard InChI is InChI=1S/C32H25N/c33-28-20-12-19-27(23-28)29-21-10-11-22-30(29)32(26-17-8-3-9-18-26)31(24-13-4-1-5-14-24)25-15-6-2-7-16-25/h1-23H,33H2. The molecule has 0 fully saturated rings. The monoisotopic (exact) mass is 423 g/mol.